The molecular formula is C44H63IO5S. The molecule has 282 valence electrons. The van der Waals surface area contributed by atoms with Gasteiger partial charge in [0.1, 0.15) is 12.7 Å². The van der Waals surface area contributed by atoms with Gasteiger partial charge in [0.2, 0.25) is 0 Å². The molecule has 0 N–H and O–H groups in total. The number of rotatable bonds is 7. The van der Waals surface area contributed by atoms with Gasteiger partial charge in [-0.15, -0.1) is 0 Å². The molecule has 4 saturated carbocycles. The van der Waals surface area contributed by atoms with E-state index < -0.39 is 5.41 Å². The minimum absolute atomic E-state index is 0.00880. The number of fused-ring (bicyclic) bond motifs is 7. The van der Waals surface area contributed by atoms with E-state index in [2.05, 4.69) is 108 Å². The van der Waals surface area contributed by atoms with E-state index in [0.29, 0.717) is 11.0 Å². The molecule has 6 rings (SSSR count). The highest BCUT2D eigenvalue weighted by atomic mass is 127. The number of benzene rings is 1. The first-order valence-corrected chi connectivity index (χ1v) is 21.7. The van der Waals surface area contributed by atoms with E-state index in [1.54, 1.807) is 17.3 Å². The van der Waals surface area contributed by atoms with E-state index in [1.807, 2.05) is 0 Å². The molecule has 0 aromatic heterocycles. The molecule has 0 amide bonds. The van der Waals surface area contributed by atoms with Crippen LogP contribution in [0.1, 0.15) is 139 Å². The molecule has 0 bridgehead atoms. The topological polar surface area (TPSA) is 69.7 Å². The van der Waals surface area contributed by atoms with Gasteiger partial charge in [-0.05, 0) is 138 Å². The number of ether oxygens (including phenoxy) is 2. The van der Waals surface area contributed by atoms with Gasteiger partial charge in [-0.1, -0.05) is 97.0 Å². The summed E-state index contributed by atoms with van der Waals surface area (Å²) in [6.45, 7) is 22.6. The van der Waals surface area contributed by atoms with Crippen molar-refractivity contribution in [3.63, 3.8) is 0 Å². The van der Waals surface area contributed by atoms with Gasteiger partial charge in [0, 0.05) is 39.4 Å². The fourth-order valence-electron chi connectivity index (χ4n) is 12.7. The number of thioether (sulfide) groups is 1. The Morgan fingerprint density at radius 1 is 0.882 bits per heavy atom. The molecule has 51 heavy (non-hydrogen) atoms. The maximum atomic E-state index is 14.9. The summed E-state index contributed by atoms with van der Waals surface area (Å²) in [6, 6.07) is 8.61. The summed E-state index contributed by atoms with van der Waals surface area (Å²) in [5.74, 6) is 1.25. The van der Waals surface area contributed by atoms with Crippen molar-refractivity contribution in [1.82, 2.24) is 0 Å². The average Bonchev–Trinajstić information content (AvgIpc) is 3.04. The van der Waals surface area contributed by atoms with E-state index in [9.17, 15) is 14.4 Å². The molecule has 0 heterocycles. The standard InChI is InChI=1S/C44H63IO5S/c1-28(46)49-26-41(8)34-17-20-43(10)35(40(34,7)19-18-36(41)50-29(2)47)16-15-30-32-25-38(3,4)21-23-44(32,24-22-42(30,43)9)37(48)51-27-39(5,6)31-13-11-12-14-33(31)45/h11-15,32,34-36H,16-27H2,1-10H3/t32-,34?,35+,36-,40-,41-,42+,43+,44-/m0/s1. The third-order valence-corrected chi connectivity index (χ3v) is 18.3. The summed E-state index contributed by atoms with van der Waals surface area (Å²) >= 11 is 4.06. The van der Waals surface area contributed by atoms with Crippen LogP contribution in [0.2, 0.25) is 0 Å². The number of carbonyl (C=O) groups is 3. The van der Waals surface area contributed by atoms with Crippen LogP contribution in [-0.2, 0) is 29.3 Å². The van der Waals surface area contributed by atoms with Crippen LogP contribution < -0.4 is 0 Å². The molecule has 1 aromatic rings. The average molecular weight is 831 g/mol. The lowest BCUT2D eigenvalue weighted by molar-refractivity contribution is -0.225. The molecule has 1 aromatic carbocycles. The van der Waals surface area contributed by atoms with Gasteiger partial charge in [0.25, 0.3) is 0 Å². The Balaban J connectivity index is 1.33. The van der Waals surface area contributed by atoms with Crippen LogP contribution in [0.3, 0.4) is 0 Å². The zero-order valence-electron chi connectivity index (χ0n) is 33.0. The number of allylic oxidation sites excluding steroid dienone is 2. The first kappa shape index (κ1) is 39.3. The molecule has 4 fully saturated rings. The number of esters is 2. The summed E-state index contributed by atoms with van der Waals surface area (Å²) in [4.78, 5) is 39.3. The van der Waals surface area contributed by atoms with Crippen LogP contribution in [0.4, 0.5) is 0 Å². The van der Waals surface area contributed by atoms with Crippen LogP contribution in [0, 0.1) is 53.8 Å². The van der Waals surface area contributed by atoms with Crippen LogP contribution in [0.25, 0.3) is 0 Å². The molecule has 0 radical (unpaired) electrons. The number of hydrogen-bond acceptors (Lipinski definition) is 6. The van der Waals surface area contributed by atoms with Crippen LogP contribution >= 0.6 is 34.4 Å². The highest BCUT2D eigenvalue weighted by Crippen LogP contribution is 2.76. The van der Waals surface area contributed by atoms with Gasteiger partial charge in [0.15, 0.2) is 5.12 Å². The van der Waals surface area contributed by atoms with E-state index in [-0.39, 0.29) is 69.0 Å². The second-order valence-electron chi connectivity index (χ2n) is 19.7. The molecule has 5 nitrogen and oxygen atoms in total. The van der Waals surface area contributed by atoms with E-state index >= 15 is 0 Å². The Bertz CT molecular complexity index is 1600. The van der Waals surface area contributed by atoms with Crippen molar-refractivity contribution in [2.75, 3.05) is 12.4 Å². The second kappa shape index (κ2) is 13.4. The van der Waals surface area contributed by atoms with Crippen molar-refractivity contribution in [3.8, 4) is 0 Å². The first-order valence-electron chi connectivity index (χ1n) is 19.6. The van der Waals surface area contributed by atoms with Crippen molar-refractivity contribution in [3.05, 3.63) is 45.0 Å². The third-order valence-electron chi connectivity index (χ3n) is 15.8. The largest absolute Gasteiger partial charge is 0.465 e. The fourth-order valence-corrected chi connectivity index (χ4v) is 15.1. The molecule has 5 aliphatic carbocycles. The van der Waals surface area contributed by atoms with Gasteiger partial charge >= 0.3 is 11.9 Å². The minimum Gasteiger partial charge on any atom is -0.465 e. The smallest absolute Gasteiger partial charge is 0.302 e. The van der Waals surface area contributed by atoms with Crippen molar-refractivity contribution < 1.29 is 23.9 Å². The third kappa shape index (κ3) is 6.40. The van der Waals surface area contributed by atoms with Gasteiger partial charge in [-0.25, -0.2) is 0 Å². The monoisotopic (exact) mass is 830 g/mol. The van der Waals surface area contributed by atoms with Gasteiger partial charge in [-0.2, -0.15) is 0 Å². The number of halogens is 1. The SMILES string of the molecule is CC(=O)OC[C@@]1(C)C2CC[C@]3(C)[C@H](CC=C4[C@@H]5CC(C)(C)CC[C@]5(C(=O)SCC(C)(C)c5ccccc5I)CC[C@]43C)[C@@]2(C)CC[C@@H]1OC(C)=O. The maximum Gasteiger partial charge on any atom is 0.302 e. The summed E-state index contributed by atoms with van der Waals surface area (Å²) < 4.78 is 13.0. The molecule has 0 saturated heterocycles. The van der Waals surface area contributed by atoms with Crippen molar-refractivity contribution in [1.29, 1.82) is 0 Å². The summed E-state index contributed by atoms with van der Waals surface area (Å²) in [6.07, 6.45) is 12.5. The minimum atomic E-state index is -0.444. The second-order valence-corrected chi connectivity index (χ2v) is 21.8. The Hall–Kier alpha value is -1.35. The Morgan fingerprint density at radius 3 is 2.24 bits per heavy atom. The van der Waals surface area contributed by atoms with E-state index in [0.717, 1.165) is 70.0 Å². The molecule has 9 atom stereocenters. The number of hydrogen-bond donors (Lipinski definition) is 0. The Labute approximate surface area is 326 Å². The van der Waals surface area contributed by atoms with Crippen LogP contribution in [0.5, 0.6) is 0 Å². The Kier molecular flexibility index (Phi) is 10.4. The summed E-state index contributed by atoms with van der Waals surface area (Å²) in [5.41, 5.74) is 2.36. The highest BCUT2D eigenvalue weighted by molar-refractivity contribution is 14.1. The molecule has 0 spiro atoms. The summed E-state index contributed by atoms with van der Waals surface area (Å²) in [5, 5.41) is 0.429. The van der Waals surface area contributed by atoms with Gasteiger partial charge < -0.3 is 9.47 Å². The van der Waals surface area contributed by atoms with Crippen molar-refractivity contribution >= 4 is 51.4 Å². The van der Waals surface area contributed by atoms with E-state index in [1.165, 1.54) is 23.0 Å². The van der Waals surface area contributed by atoms with Gasteiger partial charge in [0.05, 0.1) is 0 Å². The zero-order chi connectivity index (χ0) is 37.4. The lowest BCUT2D eigenvalue weighted by atomic mass is 9.33. The lowest BCUT2D eigenvalue weighted by Crippen LogP contribution is -2.66. The van der Waals surface area contributed by atoms with Crippen LogP contribution in [-0.4, -0.2) is 35.5 Å². The fraction of sp³-hybridized carbons (Fsp3) is 0.750. The molecule has 0 aliphatic heterocycles. The molecular weight excluding hydrogens is 767 g/mol. The predicted molar refractivity (Wildman–Crippen MR) is 215 cm³/mol. The van der Waals surface area contributed by atoms with Gasteiger partial charge in [-0.3, -0.25) is 14.4 Å². The Morgan fingerprint density at radius 2 is 1.57 bits per heavy atom. The quantitative estimate of drug-likeness (QED) is 0.155. The highest BCUT2D eigenvalue weighted by Gasteiger charge is 2.70. The molecule has 1 unspecified atom stereocenters. The molecule has 7 heteroatoms. The zero-order valence-corrected chi connectivity index (χ0v) is 36.0. The van der Waals surface area contributed by atoms with E-state index in [4.69, 9.17) is 9.47 Å². The predicted octanol–water partition coefficient (Wildman–Crippen LogP) is 11.1. The number of carbonyl (C=O) groups excluding carboxylic acids is 3. The molecule has 5 aliphatic rings. The van der Waals surface area contributed by atoms with Crippen molar-refractivity contribution in [2.45, 2.75) is 145 Å². The maximum absolute atomic E-state index is 14.9. The summed E-state index contributed by atoms with van der Waals surface area (Å²) in [7, 11) is 0. The normalized spacial score (nSPS) is 40.0. The van der Waals surface area contributed by atoms with Crippen molar-refractivity contribution in [2.24, 2.45) is 50.2 Å². The lowest BCUT2D eigenvalue weighted by Gasteiger charge is -2.71. The van der Waals surface area contributed by atoms with Crippen LogP contribution in [0.15, 0.2) is 35.9 Å². The first-order chi connectivity index (χ1) is 23.7.